The number of carboxylic acid groups (broad SMARTS) is 2. The van der Waals surface area contributed by atoms with Gasteiger partial charge in [0.2, 0.25) is 0 Å². The van der Waals surface area contributed by atoms with Crippen LogP contribution in [0.1, 0.15) is 148 Å². The number of aliphatic carboxylic acids is 2. The predicted octanol–water partition coefficient (Wildman–Crippen LogP) is 8.37. The van der Waals surface area contributed by atoms with Gasteiger partial charge in [0.15, 0.2) is 0 Å². The highest BCUT2D eigenvalue weighted by Crippen LogP contribution is 2.22. The van der Waals surface area contributed by atoms with E-state index >= 15 is 0 Å². The van der Waals surface area contributed by atoms with Gasteiger partial charge in [-0.2, -0.15) is 0 Å². The first-order chi connectivity index (χ1) is 14.6. The van der Waals surface area contributed by atoms with Crippen LogP contribution in [0.4, 0.5) is 0 Å². The highest BCUT2D eigenvalue weighted by Gasteiger charge is 2.12. The summed E-state index contributed by atoms with van der Waals surface area (Å²) in [6.45, 7) is 2.24. The fourth-order valence-corrected chi connectivity index (χ4v) is 4.29. The third kappa shape index (κ3) is 23.2. The number of rotatable bonds is 24. The zero-order valence-corrected chi connectivity index (χ0v) is 19.8. The standard InChI is InChI=1S/C26H50O4/c1-2-3-4-5-11-14-17-20-24(23-26(29)30)21-18-15-12-9-7-6-8-10-13-16-19-22-25(27)28/h24H,2-23H2,1H3,(H,27,28)(H,29,30). The van der Waals surface area contributed by atoms with Crippen molar-refractivity contribution < 1.29 is 19.8 Å². The zero-order valence-electron chi connectivity index (χ0n) is 19.8. The van der Waals surface area contributed by atoms with Crippen LogP contribution in [0.15, 0.2) is 0 Å². The van der Waals surface area contributed by atoms with Crippen LogP contribution in [0, 0.1) is 5.92 Å². The second-order valence-electron chi connectivity index (χ2n) is 9.20. The molecule has 0 aliphatic rings. The normalized spacial score (nSPS) is 12.2. The first-order valence-corrected chi connectivity index (χ1v) is 13.0. The Balaban J connectivity index is 3.52. The van der Waals surface area contributed by atoms with E-state index in [0.717, 1.165) is 32.1 Å². The molecule has 0 radical (unpaired) electrons. The molecule has 0 aromatic rings. The molecule has 0 aliphatic heterocycles. The Morgan fingerprint density at radius 3 is 1.27 bits per heavy atom. The maximum absolute atomic E-state index is 11.1. The summed E-state index contributed by atoms with van der Waals surface area (Å²) in [7, 11) is 0. The summed E-state index contributed by atoms with van der Waals surface area (Å²) in [5.74, 6) is -0.938. The first kappa shape index (κ1) is 28.9. The quantitative estimate of drug-likeness (QED) is 0.152. The monoisotopic (exact) mass is 426 g/mol. The lowest BCUT2D eigenvalue weighted by atomic mass is 9.91. The van der Waals surface area contributed by atoms with Gasteiger partial charge < -0.3 is 10.2 Å². The van der Waals surface area contributed by atoms with Crippen molar-refractivity contribution in [2.24, 2.45) is 5.92 Å². The molecule has 0 saturated carbocycles. The number of carboxylic acids is 2. The van der Waals surface area contributed by atoms with Gasteiger partial charge in [-0.15, -0.1) is 0 Å². The van der Waals surface area contributed by atoms with Crippen LogP contribution >= 0.6 is 0 Å². The Bertz CT molecular complexity index is 394. The molecule has 0 heterocycles. The lowest BCUT2D eigenvalue weighted by molar-refractivity contribution is -0.138. The first-order valence-electron chi connectivity index (χ1n) is 13.0. The second-order valence-corrected chi connectivity index (χ2v) is 9.20. The molecule has 2 N–H and O–H groups in total. The maximum atomic E-state index is 11.1. The fraction of sp³-hybridized carbons (Fsp3) is 0.923. The number of hydrogen-bond acceptors (Lipinski definition) is 2. The van der Waals surface area contributed by atoms with Gasteiger partial charge in [0.25, 0.3) is 0 Å². The van der Waals surface area contributed by atoms with Crippen LogP contribution in [0.2, 0.25) is 0 Å². The molecule has 0 aromatic carbocycles. The smallest absolute Gasteiger partial charge is 0.303 e. The molecule has 30 heavy (non-hydrogen) atoms. The van der Waals surface area contributed by atoms with Gasteiger partial charge in [0, 0.05) is 12.8 Å². The molecule has 4 nitrogen and oxygen atoms in total. The van der Waals surface area contributed by atoms with Crippen LogP contribution in [0.3, 0.4) is 0 Å². The zero-order chi connectivity index (χ0) is 22.3. The molecule has 0 aromatic heterocycles. The Hall–Kier alpha value is -1.06. The van der Waals surface area contributed by atoms with Crippen molar-refractivity contribution in [2.75, 3.05) is 0 Å². The van der Waals surface area contributed by atoms with Crippen LogP contribution in [0.25, 0.3) is 0 Å². The topological polar surface area (TPSA) is 74.6 Å². The van der Waals surface area contributed by atoms with E-state index in [9.17, 15) is 14.7 Å². The van der Waals surface area contributed by atoms with E-state index in [2.05, 4.69) is 6.92 Å². The lowest BCUT2D eigenvalue weighted by Crippen LogP contribution is -2.08. The molecule has 4 heteroatoms. The van der Waals surface area contributed by atoms with Crippen LogP contribution in [0.5, 0.6) is 0 Å². The van der Waals surface area contributed by atoms with Gasteiger partial charge in [-0.25, -0.2) is 0 Å². The van der Waals surface area contributed by atoms with Gasteiger partial charge >= 0.3 is 11.9 Å². The van der Waals surface area contributed by atoms with Crippen molar-refractivity contribution in [3.8, 4) is 0 Å². The molecule has 1 atom stereocenters. The SMILES string of the molecule is CCCCCCCCCC(CCCCCCCCCCCCCC(=O)O)CC(=O)O. The molecule has 0 saturated heterocycles. The average molecular weight is 427 g/mol. The van der Waals surface area contributed by atoms with Crippen LogP contribution in [-0.4, -0.2) is 22.2 Å². The molecule has 1 unspecified atom stereocenters. The molecular weight excluding hydrogens is 376 g/mol. The summed E-state index contributed by atoms with van der Waals surface area (Å²) in [5, 5.41) is 17.8. The van der Waals surface area contributed by atoms with Gasteiger partial charge in [-0.1, -0.05) is 116 Å². The fourth-order valence-electron chi connectivity index (χ4n) is 4.29. The van der Waals surface area contributed by atoms with Crippen molar-refractivity contribution in [3.63, 3.8) is 0 Å². The summed E-state index contributed by atoms with van der Waals surface area (Å²) in [6.07, 6.45) is 25.0. The second kappa shape index (κ2) is 22.6. The molecular formula is C26H50O4. The lowest BCUT2D eigenvalue weighted by Gasteiger charge is -2.14. The number of hydrogen-bond donors (Lipinski definition) is 2. The third-order valence-electron chi connectivity index (χ3n) is 6.18. The minimum absolute atomic E-state index is 0.312. The van der Waals surface area contributed by atoms with Crippen molar-refractivity contribution in [1.29, 1.82) is 0 Å². The van der Waals surface area contributed by atoms with E-state index < -0.39 is 11.9 Å². The van der Waals surface area contributed by atoms with E-state index in [1.807, 2.05) is 0 Å². The molecule has 0 aliphatic carbocycles. The minimum Gasteiger partial charge on any atom is -0.481 e. The number of unbranched alkanes of at least 4 members (excludes halogenated alkanes) is 16. The molecule has 0 spiro atoms. The minimum atomic E-state index is -0.679. The Labute approximate surface area is 186 Å². The van der Waals surface area contributed by atoms with E-state index in [4.69, 9.17) is 5.11 Å². The molecule has 0 bridgehead atoms. The van der Waals surface area contributed by atoms with Crippen LogP contribution < -0.4 is 0 Å². The van der Waals surface area contributed by atoms with Crippen molar-refractivity contribution in [3.05, 3.63) is 0 Å². The Kier molecular flexibility index (Phi) is 21.8. The average Bonchev–Trinajstić information content (AvgIpc) is 2.69. The molecule has 0 fully saturated rings. The molecule has 0 amide bonds. The van der Waals surface area contributed by atoms with E-state index in [0.29, 0.717) is 18.8 Å². The van der Waals surface area contributed by atoms with E-state index in [1.54, 1.807) is 0 Å². The van der Waals surface area contributed by atoms with Gasteiger partial charge in [0.1, 0.15) is 0 Å². The van der Waals surface area contributed by atoms with E-state index in [-0.39, 0.29) is 0 Å². The van der Waals surface area contributed by atoms with Crippen LogP contribution in [-0.2, 0) is 9.59 Å². The summed E-state index contributed by atoms with van der Waals surface area (Å²) >= 11 is 0. The predicted molar refractivity (Wildman–Crippen MR) is 126 cm³/mol. The maximum Gasteiger partial charge on any atom is 0.303 e. The van der Waals surface area contributed by atoms with Gasteiger partial charge in [0.05, 0.1) is 0 Å². The summed E-state index contributed by atoms with van der Waals surface area (Å²) < 4.78 is 0. The largest absolute Gasteiger partial charge is 0.481 e. The third-order valence-corrected chi connectivity index (χ3v) is 6.18. The highest BCUT2D eigenvalue weighted by molar-refractivity contribution is 5.67. The summed E-state index contributed by atoms with van der Waals surface area (Å²) in [5.41, 5.74) is 0. The highest BCUT2D eigenvalue weighted by atomic mass is 16.4. The van der Waals surface area contributed by atoms with Gasteiger partial charge in [-0.05, 0) is 25.2 Å². The van der Waals surface area contributed by atoms with Crippen molar-refractivity contribution in [2.45, 2.75) is 148 Å². The summed E-state index contributed by atoms with van der Waals surface area (Å²) in [6, 6.07) is 0. The Morgan fingerprint density at radius 2 is 0.900 bits per heavy atom. The van der Waals surface area contributed by atoms with Crippen molar-refractivity contribution >= 4 is 11.9 Å². The molecule has 0 rings (SSSR count). The molecule has 178 valence electrons. The number of carbonyl (C=O) groups is 2. The Morgan fingerprint density at radius 1 is 0.533 bits per heavy atom. The van der Waals surface area contributed by atoms with E-state index in [1.165, 1.54) is 96.3 Å². The van der Waals surface area contributed by atoms with Gasteiger partial charge in [-0.3, -0.25) is 9.59 Å². The van der Waals surface area contributed by atoms with Crippen molar-refractivity contribution in [1.82, 2.24) is 0 Å². The summed E-state index contributed by atoms with van der Waals surface area (Å²) in [4.78, 5) is 21.6.